The summed E-state index contributed by atoms with van der Waals surface area (Å²) in [6.45, 7) is 2.17. The number of nitrogens with zero attached hydrogens (tertiary/aromatic N) is 3. The zero-order valence-electron chi connectivity index (χ0n) is 17.4. The van der Waals surface area contributed by atoms with Gasteiger partial charge in [0, 0.05) is 57.6 Å². The first-order chi connectivity index (χ1) is 15.6. The second-order valence-corrected chi connectivity index (χ2v) is 7.65. The monoisotopic (exact) mass is 417 g/mol. The largest absolute Gasteiger partial charge is 0.354 e. The molecule has 154 valence electrons. The fourth-order valence-electron chi connectivity index (χ4n) is 3.89. The third kappa shape index (κ3) is 3.57. The second-order valence-electron chi connectivity index (χ2n) is 7.65. The lowest BCUT2D eigenvalue weighted by molar-refractivity contribution is 0.0951. The molecular formula is C26H19N5O. The minimum atomic E-state index is -0.183. The first kappa shape index (κ1) is 19.5. The van der Waals surface area contributed by atoms with E-state index in [1.807, 2.05) is 55.5 Å². The zero-order chi connectivity index (χ0) is 22.1. The summed E-state index contributed by atoms with van der Waals surface area (Å²) in [6, 6.07) is 21.4. The summed E-state index contributed by atoms with van der Waals surface area (Å²) in [5, 5.41) is 14.7. The lowest BCUT2D eigenvalue weighted by Crippen LogP contribution is -2.22. The molecule has 2 N–H and O–H groups in total. The van der Waals surface area contributed by atoms with Crippen LogP contribution in [0.4, 0.5) is 0 Å². The number of pyridine rings is 2. The number of carbonyl (C=O) groups is 1. The number of carbonyl (C=O) groups excluding carboxylic acids is 1. The topological polar surface area (TPSA) is 94.5 Å². The van der Waals surface area contributed by atoms with E-state index in [9.17, 15) is 10.1 Å². The summed E-state index contributed by atoms with van der Waals surface area (Å²) in [4.78, 5) is 24.8. The Morgan fingerprint density at radius 1 is 1.03 bits per heavy atom. The van der Waals surface area contributed by atoms with Gasteiger partial charge in [-0.1, -0.05) is 24.3 Å². The van der Waals surface area contributed by atoms with Crippen molar-refractivity contribution in [3.05, 3.63) is 95.4 Å². The van der Waals surface area contributed by atoms with Gasteiger partial charge in [-0.25, -0.2) is 0 Å². The summed E-state index contributed by atoms with van der Waals surface area (Å²) in [6.07, 6.45) is 3.39. The molecule has 0 spiro atoms. The third-order valence-corrected chi connectivity index (χ3v) is 5.46. The van der Waals surface area contributed by atoms with Gasteiger partial charge in [0.15, 0.2) is 0 Å². The Morgan fingerprint density at radius 2 is 1.88 bits per heavy atom. The number of nitriles is 1. The van der Waals surface area contributed by atoms with Gasteiger partial charge < -0.3 is 10.3 Å². The van der Waals surface area contributed by atoms with Gasteiger partial charge in [-0.3, -0.25) is 14.8 Å². The van der Waals surface area contributed by atoms with E-state index in [0.29, 0.717) is 16.8 Å². The molecular weight excluding hydrogens is 398 g/mol. The minimum absolute atomic E-state index is 0.183. The Morgan fingerprint density at radius 3 is 2.72 bits per heavy atom. The number of hydrogen-bond donors (Lipinski definition) is 2. The molecule has 5 aromatic rings. The Bertz CT molecular complexity index is 1530. The lowest BCUT2D eigenvalue weighted by atomic mass is 10.0. The minimum Gasteiger partial charge on any atom is -0.354 e. The average Bonchev–Trinajstić information content (AvgIpc) is 3.20. The zero-order valence-corrected chi connectivity index (χ0v) is 17.4. The third-order valence-electron chi connectivity index (χ3n) is 5.46. The highest BCUT2D eigenvalue weighted by Gasteiger charge is 2.12. The molecule has 1 amide bonds. The molecule has 0 atom stereocenters. The van der Waals surface area contributed by atoms with E-state index >= 15 is 0 Å². The molecule has 0 saturated carbocycles. The molecule has 5 rings (SSSR count). The van der Waals surface area contributed by atoms with Gasteiger partial charge in [0.25, 0.3) is 5.91 Å². The summed E-state index contributed by atoms with van der Waals surface area (Å²) >= 11 is 0. The van der Waals surface area contributed by atoms with Crippen LogP contribution >= 0.6 is 0 Å². The molecule has 6 nitrogen and oxygen atoms in total. The number of H-pyrrole nitrogens is 1. The van der Waals surface area contributed by atoms with Crippen LogP contribution in [0.25, 0.3) is 33.1 Å². The molecule has 2 aromatic carbocycles. The maximum atomic E-state index is 12.7. The van der Waals surface area contributed by atoms with E-state index in [-0.39, 0.29) is 12.5 Å². The van der Waals surface area contributed by atoms with E-state index in [0.717, 1.165) is 38.6 Å². The Kier molecular flexibility index (Phi) is 4.85. The molecule has 3 heterocycles. The number of benzene rings is 2. The quantitative estimate of drug-likeness (QED) is 0.435. The molecule has 0 radical (unpaired) electrons. The van der Waals surface area contributed by atoms with E-state index in [1.54, 1.807) is 18.5 Å². The smallest absolute Gasteiger partial charge is 0.251 e. The Balaban J connectivity index is 1.35. The SMILES string of the molecule is Cc1cc(-c2ncc(CNC(=O)c3ccc4c(c3)[nH]c3ccccc34)cc2C#N)ccn1. The van der Waals surface area contributed by atoms with Crippen LogP contribution in [0.2, 0.25) is 0 Å². The molecule has 0 fully saturated rings. The van der Waals surface area contributed by atoms with Crippen molar-refractivity contribution in [2.45, 2.75) is 13.5 Å². The van der Waals surface area contributed by atoms with Crippen molar-refractivity contribution in [3.63, 3.8) is 0 Å². The standard InChI is InChI=1S/C26H19N5O/c1-16-10-18(8-9-28-16)25-20(13-27)11-17(14-29-25)15-30-26(32)19-6-7-22-21-4-2-3-5-23(21)31-24(22)12-19/h2-12,14,31H,15H2,1H3,(H,30,32). The van der Waals surface area contributed by atoms with Crippen molar-refractivity contribution in [3.8, 4) is 17.3 Å². The number of aromatic nitrogens is 3. The van der Waals surface area contributed by atoms with E-state index < -0.39 is 0 Å². The second kappa shape index (κ2) is 7.97. The predicted molar refractivity (Wildman–Crippen MR) is 124 cm³/mol. The van der Waals surface area contributed by atoms with Crippen LogP contribution in [-0.4, -0.2) is 20.9 Å². The van der Waals surface area contributed by atoms with Crippen LogP contribution in [-0.2, 0) is 6.54 Å². The number of fused-ring (bicyclic) bond motifs is 3. The first-order valence-electron chi connectivity index (χ1n) is 10.2. The number of aromatic amines is 1. The number of para-hydroxylation sites is 1. The van der Waals surface area contributed by atoms with Crippen LogP contribution in [0.5, 0.6) is 0 Å². The molecule has 6 heteroatoms. The van der Waals surface area contributed by atoms with Gasteiger partial charge >= 0.3 is 0 Å². The van der Waals surface area contributed by atoms with Crippen molar-refractivity contribution in [2.24, 2.45) is 0 Å². The van der Waals surface area contributed by atoms with Crippen LogP contribution in [0, 0.1) is 18.3 Å². The van der Waals surface area contributed by atoms with E-state index in [2.05, 4.69) is 32.4 Å². The first-order valence-corrected chi connectivity index (χ1v) is 10.2. The van der Waals surface area contributed by atoms with E-state index in [4.69, 9.17) is 0 Å². The molecule has 0 bridgehead atoms. The summed E-state index contributed by atoms with van der Waals surface area (Å²) < 4.78 is 0. The fraction of sp³-hybridized carbons (Fsp3) is 0.0769. The normalized spacial score (nSPS) is 10.9. The number of rotatable bonds is 4. The van der Waals surface area contributed by atoms with Crippen LogP contribution < -0.4 is 5.32 Å². The van der Waals surface area contributed by atoms with Gasteiger partial charge in [0.05, 0.1) is 11.3 Å². The van der Waals surface area contributed by atoms with Crippen molar-refractivity contribution in [1.29, 1.82) is 5.26 Å². The van der Waals surface area contributed by atoms with Gasteiger partial charge in [0.1, 0.15) is 6.07 Å². The maximum Gasteiger partial charge on any atom is 0.251 e. The molecule has 0 aliphatic carbocycles. The van der Waals surface area contributed by atoms with Gasteiger partial charge in [-0.2, -0.15) is 5.26 Å². The fourth-order valence-corrected chi connectivity index (χ4v) is 3.89. The predicted octanol–water partition coefficient (Wildman–Crippen LogP) is 4.89. The lowest BCUT2D eigenvalue weighted by Gasteiger charge is -2.09. The highest BCUT2D eigenvalue weighted by Crippen LogP contribution is 2.26. The van der Waals surface area contributed by atoms with Gasteiger partial charge in [-0.05, 0) is 48.9 Å². The van der Waals surface area contributed by atoms with Crippen LogP contribution in [0.3, 0.4) is 0 Å². The Hall–Kier alpha value is -4.50. The summed E-state index contributed by atoms with van der Waals surface area (Å²) in [5.74, 6) is -0.183. The summed E-state index contributed by atoms with van der Waals surface area (Å²) in [7, 11) is 0. The van der Waals surface area contributed by atoms with Crippen molar-refractivity contribution in [2.75, 3.05) is 0 Å². The molecule has 0 aliphatic heterocycles. The number of nitrogens with one attached hydrogen (secondary N) is 2. The van der Waals surface area contributed by atoms with E-state index in [1.165, 1.54) is 0 Å². The average molecular weight is 417 g/mol. The molecule has 0 aliphatic rings. The maximum absolute atomic E-state index is 12.7. The number of amides is 1. The van der Waals surface area contributed by atoms with Gasteiger partial charge in [-0.15, -0.1) is 0 Å². The molecule has 3 aromatic heterocycles. The molecule has 0 saturated heterocycles. The number of aryl methyl sites for hydroxylation is 1. The highest BCUT2D eigenvalue weighted by atomic mass is 16.1. The van der Waals surface area contributed by atoms with Gasteiger partial charge in [0.2, 0.25) is 0 Å². The van der Waals surface area contributed by atoms with Crippen molar-refractivity contribution < 1.29 is 4.79 Å². The number of hydrogen-bond acceptors (Lipinski definition) is 4. The van der Waals surface area contributed by atoms with Crippen LogP contribution in [0.1, 0.15) is 27.2 Å². The highest BCUT2D eigenvalue weighted by molar-refractivity contribution is 6.09. The Labute approximate surface area is 184 Å². The molecule has 0 unspecified atom stereocenters. The molecule has 32 heavy (non-hydrogen) atoms. The van der Waals surface area contributed by atoms with Crippen molar-refractivity contribution in [1.82, 2.24) is 20.3 Å². The van der Waals surface area contributed by atoms with Crippen molar-refractivity contribution >= 4 is 27.7 Å². The van der Waals surface area contributed by atoms with Crippen LogP contribution in [0.15, 0.2) is 73.1 Å². The summed E-state index contributed by atoms with van der Waals surface area (Å²) in [5.41, 5.74) is 6.06.